The monoisotopic (exact) mass is 1060 g/mol. The number of hydrogen-bond acceptors (Lipinski definition) is 0. The summed E-state index contributed by atoms with van der Waals surface area (Å²) >= 11 is -7.69. The summed E-state index contributed by atoms with van der Waals surface area (Å²) in [5, 5.41) is 0. The van der Waals surface area contributed by atoms with Crippen molar-refractivity contribution in [1.29, 1.82) is 0 Å². The van der Waals surface area contributed by atoms with Gasteiger partial charge in [0.2, 0.25) is 0 Å². The van der Waals surface area contributed by atoms with Gasteiger partial charge < -0.3 is 0 Å². The van der Waals surface area contributed by atoms with Crippen molar-refractivity contribution in [1.82, 2.24) is 0 Å². The molecule has 0 nitrogen and oxygen atoms in total. The first kappa shape index (κ1) is 47.0. The van der Waals surface area contributed by atoms with Crippen molar-refractivity contribution in [3.8, 4) is 22.3 Å². The molecule has 2 atom stereocenters. The average Bonchev–Trinajstić information content (AvgIpc) is 3.85. The number of rotatable bonds is 16. The van der Waals surface area contributed by atoms with Crippen LogP contribution in [0.25, 0.3) is 34.4 Å². The van der Waals surface area contributed by atoms with Gasteiger partial charge in [-0.3, -0.25) is 0 Å². The van der Waals surface area contributed by atoms with E-state index in [1.165, 1.54) is 144 Å². The van der Waals surface area contributed by atoms with Crippen molar-refractivity contribution < 1.29 is 35.8 Å². The van der Waals surface area contributed by atoms with Crippen LogP contribution in [-0.2, 0) is 48.6 Å². The third-order valence-electron chi connectivity index (χ3n) is 16.0. The van der Waals surface area contributed by atoms with Gasteiger partial charge in [0.25, 0.3) is 0 Å². The second kappa shape index (κ2) is 20.2. The van der Waals surface area contributed by atoms with Crippen LogP contribution in [0.1, 0.15) is 158 Å². The van der Waals surface area contributed by atoms with Gasteiger partial charge in [-0.25, -0.2) is 0 Å². The first-order valence-corrected chi connectivity index (χ1v) is 45.0. The van der Waals surface area contributed by atoms with E-state index in [2.05, 4.69) is 125 Å². The molecule has 0 spiro atoms. The van der Waals surface area contributed by atoms with E-state index in [9.17, 15) is 0 Å². The summed E-state index contributed by atoms with van der Waals surface area (Å²) in [5.41, 5.74) is 17.2. The normalized spacial score (nSPS) is 21.0. The molecule has 0 N–H and O–H groups in total. The zero-order valence-electron chi connectivity index (χ0n) is 37.3. The Morgan fingerprint density at radius 1 is 0.508 bits per heavy atom. The third-order valence-corrected chi connectivity index (χ3v) is 59.2. The Morgan fingerprint density at radius 2 is 0.885 bits per heavy atom. The number of fused-ring (bicyclic) bond motifs is 2. The molecular formula is C54H68Cl4SiZr2. The molecule has 8 rings (SSSR count). The predicted octanol–water partition coefficient (Wildman–Crippen LogP) is 18.1. The van der Waals surface area contributed by atoms with Gasteiger partial charge in [0, 0.05) is 0 Å². The molecule has 4 aliphatic carbocycles. The number of hydrogen-bond donors (Lipinski definition) is 0. The van der Waals surface area contributed by atoms with E-state index in [1.807, 2.05) is 0 Å². The van der Waals surface area contributed by atoms with Crippen LogP contribution < -0.4 is 0 Å². The molecule has 0 heterocycles. The second-order valence-corrected chi connectivity index (χ2v) is 57.2. The van der Waals surface area contributed by atoms with Gasteiger partial charge >= 0.3 is 399 Å². The summed E-state index contributed by atoms with van der Waals surface area (Å²) in [5.74, 6) is 0. The number of allylic oxidation sites excluding steroid dienone is 2. The number of benzene rings is 4. The van der Waals surface area contributed by atoms with Gasteiger partial charge in [-0.1, -0.05) is 0 Å². The Kier molecular flexibility index (Phi) is 15.5. The van der Waals surface area contributed by atoms with E-state index >= 15 is 0 Å². The zero-order valence-corrected chi connectivity index (χ0v) is 46.7. The van der Waals surface area contributed by atoms with Crippen LogP contribution in [0.2, 0.25) is 7.50 Å². The second-order valence-electron chi connectivity index (χ2n) is 19.6. The molecule has 0 saturated heterocycles. The summed E-state index contributed by atoms with van der Waals surface area (Å²) < 4.78 is 2.37. The zero-order chi connectivity index (χ0) is 42.8. The molecule has 0 aromatic heterocycles. The van der Waals surface area contributed by atoms with Crippen molar-refractivity contribution >= 4 is 55.7 Å². The van der Waals surface area contributed by atoms with Crippen molar-refractivity contribution in [2.24, 2.45) is 10.8 Å². The van der Waals surface area contributed by atoms with Crippen LogP contribution in [0, 0.1) is 10.8 Å². The summed E-state index contributed by atoms with van der Waals surface area (Å²) in [7, 11) is 31.6. The summed E-state index contributed by atoms with van der Waals surface area (Å²) in [6, 6.07) is 32.3. The molecule has 7 heteroatoms. The van der Waals surface area contributed by atoms with Crippen LogP contribution in [0.5, 0.6) is 0 Å². The quantitative estimate of drug-likeness (QED) is 0.0981. The van der Waals surface area contributed by atoms with Crippen LogP contribution >= 0.6 is 34.1 Å². The topological polar surface area (TPSA) is 0 Å². The Balaban J connectivity index is 1.09. The van der Waals surface area contributed by atoms with Crippen LogP contribution in [-0.4, -0.2) is 9.52 Å². The SMILES string of the molecule is CCc1ccc(-c2cccc3c2C=C(CC2(CC)CCCCC2)[CH]3[Zr]([Cl])([Cl])[CH2][SiH2][CH2][Zr]([Cl])([Cl])[CH]2C(CC3(CC)CCCCC3)=Cc3c(-c4ccc(CC)cc4)cccc32)cc1. The fraction of sp³-hybridized carbons (Fsp3) is 0.481. The Morgan fingerprint density at radius 3 is 1.23 bits per heavy atom. The molecule has 2 fully saturated rings. The fourth-order valence-corrected chi connectivity index (χ4v) is 56.8. The molecule has 0 amide bonds. The van der Waals surface area contributed by atoms with Gasteiger partial charge in [-0.15, -0.1) is 0 Å². The molecule has 0 radical (unpaired) electrons. The average molecular weight is 1070 g/mol. The van der Waals surface area contributed by atoms with E-state index in [4.69, 9.17) is 34.1 Å². The molecule has 2 unspecified atom stereocenters. The molecule has 0 bridgehead atoms. The maximum absolute atomic E-state index is 8.08. The fourth-order valence-electron chi connectivity index (χ4n) is 12.2. The molecule has 4 aromatic carbocycles. The molecule has 2 saturated carbocycles. The van der Waals surface area contributed by atoms with E-state index in [1.54, 1.807) is 0 Å². The molecule has 4 aliphatic rings. The Hall–Kier alpha value is -0.497. The van der Waals surface area contributed by atoms with Crippen LogP contribution in [0.15, 0.2) is 96.1 Å². The van der Waals surface area contributed by atoms with Gasteiger partial charge in [-0.05, 0) is 0 Å². The van der Waals surface area contributed by atoms with E-state index in [-0.39, 0.29) is 7.25 Å². The standard InChI is InChI=1S/2C26H31.C2H6Si.4ClH.2Zr/c2*1-3-20-11-13-22(14-12-20)24-10-8-9-23-17-21(18-25(23)24)19-26(4-2)15-6-5-7-16-26;1-3-2;;;;;;/h2*8-14,17-18H,3-7,15-16,19H2,1-2H3;1-3H2;4*1H;;/q;;;;;;;2*+2/p-4. The predicted molar refractivity (Wildman–Crippen MR) is 266 cm³/mol. The van der Waals surface area contributed by atoms with Gasteiger partial charge in [0.05, 0.1) is 0 Å². The van der Waals surface area contributed by atoms with E-state index < -0.39 is 45.3 Å². The van der Waals surface area contributed by atoms with Crippen molar-refractivity contribution in [3.05, 3.63) is 129 Å². The molecule has 4 aromatic rings. The first-order valence-electron chi connectivity index (χ1n) is 24.1. The minimum absolute atomic E-state index is 0.177. The summed E-state index contributed by atoms with van der Waals surface area (Å²) in [6.45, 7) is 9.31. The summed E-state index contributed by atoms with van der Waals surface area (Å²) in [6.07, 6.45) is 25.3. The van der Waals surface area contributed by atoms with Gasteiger partial charge in [0.15, 0.2) is 0 Å². The van der Waals surface area contributed by atoms with Crippen LogP contribution in [0.3, 0.4) is 0 Å². The van der Waals surface area contributed by atoms with Crippen molar-refractivity contribution in [3.63, 3.8) is 0 Å². The number of aryl methyl sites for hydroxylation is 2. The maximum atomic E-state index is 8.08. The summed E-state index contributed by atoms with van der Waals surface area (Å²) in [4.78, 5) is 0. The molecule has 324 valence electrons. The Bertz CT molecular complexity index is 2050. The van der Waals surface area contributed by atoms with Gasteiger partial charge in [0.1, 0.15) is 0 Å². The number of halogens is 4. The van der Waals surface area contributed by atoms with E-state index in [0.717, 1.165) is 33.2 Å². The van der Waals surface area contributed by atoms with Gasteiger partial charge in [-0.2, -0.15) is 0 Å². The van der Waals surface area contributed by atoms with Crippen molar-refractivity contribution in [2.75, 3.05) is 0 Å². The minimum atomic E-state index is -3.84. The van der Waals surface area contributed by atoms with E-state index in [0.29, 0.717) is 10.8 Å². The third kappa shape index (κ3) is 10.1. The molecular weight excluding hydrogens is 1000 g/mol. The molecule has 0 aliphatic heterocycles. The first-order chi connectivity index (χ1) is 29.4. The Labute approximate surface area is 394 Å². The molecule has 61 heavy (non-hydrogen) atoms. The van der Waals surface area contributed by atoms with Crippen LogP contribution in [0.4, 0.5) is 0 Å². The van der Waals surface area contributed by atoms with Crippen molar-refractivity contribution in [2.45, 2.75) is 145 Å².